The molecule has 0 aromatic heterocycles. The van der Waals surface area contributed by atoms with E-state index < -0.39 is 37.0 Å². The zero-order valence-electron chi connectivity index (χ0n) is 14.5. The molecule has 1 aromatic carbocycles. The van der Waals surface area contributed by atoms with Gasteiger partial charge in [0.15, 0.2) is 6.61 Å². The number of piperidine rings is 1. The first-order valence-electron chi connectivity index (χ1n) is 8.35. The van der Waals surface area contributed by atoms with E-state index in [0.29, 0.717) is 18.5 Å². The minimum Gasteiger partial charge on any atom is -0.452 e. The lowest BCUT2D eigenvalue weighted by Crippen LogP contribution is -2.51. The zero-order valence-corrected chi connectivity index (χ0v) is 14.5. The maximum atomic E-state index is 12.2. The maximum absolute atomic E-state index is 12.2. The number of carbonyl (C=O) groups excluding carboxylic acids is 3. The highest BCUT2D eigenvalue weighted by Gasteiger charge is 2.30. The minimum absolute atomic E-state index is 0.000796. The van der Waals surface area contributed by atoms with Crippen LogP contribution in [-0.2, 0) is 19.1 Å². The summed E-state index contributed by atoms with van der Waals surface area (Å²) < 4.78 is 33.3. The molecule has 0 radical (unpaired) electrons. The second kappa shape index (κ2) is 9.65. The fraction of sp³-hybridized carbons (Fsp3) is 0.389. The van der Waals surface area contributed by atoms with E-state index in [1.165, 1.54) is 35.2 Å². The number of hydrogen-bond acceptors (Lipinski definition) is 5. The standard InChI is InChI=1S/C18H20F2N2O5/c19-18(20)27-13-7-4-12(5-8-13)6-9-16(24)26-11-15(23)22-10-2-1-3-14(22)17(21)25/h4-9,14,18H,1-3,10-11H2,(H2,21,25)/b9-6+/t14-/m1/s1. The third-order valence-electron chi connectivity index (χ3n) is 4.01. The Morgan fingerprint density at radius 1 is 1.22 bits per heavy atom. The quantitative estimate of drug-likeness (QED) is 0.572. The Morgan fingerprint density at radius 2 is 1.93 bits per heavy atom. The highest BCUT2D eigenvalue weighted by molar-refractivity contribution is 5.91. The van der Waals surface area contributed by atoms with Gasteiger partial charge in [-0.15, -0.1) is 0 Å². The number of nitrogens with zero attached hydrogens (tertiary/aromatic N) is 1. The smallest absolute Gasteiger partial charge is 0.387 e. The lowest BCUT2D eigenvalue weighted by atomic mass is 10.0. The molecule has 0 bridgehead atoms. The Kier molecular flexibility index (Phi) is 7.27. The van der Waals surface area contributed by atoms with Crippen LogP contribution in [0.5, 0.6) is 5.75 Å². The van der Waals surface area contributed by atoms with Crippen molar-refractivity contribution < 1.29 is 32.6 Å². The van der Waals surface area contributed by atoms with Gasteiger partial charge in [-0.3, -0.25) is 9.59 Å². The van der Waals surface area contributed by atoms with Crippen LogP contribution in [0.3, 0.4) is 0 Å². The molecule has 1 aromatic rings. The van der Waals surface area contributed by atoms with Gasteiger partial charge in [-0.1, -0.05) is 12.1 Å². The summed E-state index contributed by atoms with van der Waals surface area (Å²) >= 11 is 0. The summed E-state index contributed by atoms with van der Waals surface area (Å²) in [4.78, 5) is 36.6. The van der Waals surface area contributed by atoms with Crippen LogP contribution in [0.4, 0.5) is 8.78 Å². The summed E-state index contributed by atoms with van der Waals surface area (Å²) in [5, 5.41) is 0. The van der Waals surface area contributed by atoms with Crippen LogP contribution >= 0.6 is 0 Å². The first-order valence-corrected chi connectivity index (χ1v) is 8.35. The molecule has 0 saturated carbocycles. The number of carbonyl (C=O) groups is 3. The van der Waals surface area contributed by atoms with Crippen molar-refractivity contribution in [2.24, 2.45) is 5.73 Å². The first-order chi connectivity index (χ1) is 12.9. The van der Waals surface area contributed by atoms with Gasteiger partial charge in [0.25, 0.3) is 5.91 Å². The topological polar surface area (TPSA) is 98.9 Å². The molecule has 1 atom stereocenters. The van der Waals surface area contributed by atoms with Gasteiger partial charge in [0.05, 0.1) is 0 Å². The predicted molar refractivity (Wildman–Crippen MR) is 91.6 cm³/mol. The van der Waals surface area contributed by atoms with Gasteiger partial charge in [-0.05, 0) is 43.0 Å². The lowest BCUT2D eigenvalue weighted by Gasteiger charge is -2.33. The van der Waals surface area contributed by atoms with Gasteiger partial charge in [0, 0.05) is 12.6 Å². The number of halogens is 2. The molecule has 0 unspecified atom stereocenters. The summed E-state index contributed by atoms with van der Waals surface area (Å²) in [5.41, 5.74) is 5.86. The molecule has 1 aliphatic rings. The van der Waals surface area contributed by atoms with Crippen molar-refractivity contribution in [3.8, 4) is 5.75 Å². The molecule has 146 valence electrons. The molecule has 7 nitrogen and oxygen atoms in total. The van der Waals surface area contributed by atoms with Crippen molar-refractivity contribution in [2.75, 3.05) is 13.2 Å². The van der Waals surface area contributed by atoms with Crippen molar-refractivity contribution in [3.05, 3.63) is 35.9 Å². The van der Waals surface area contributed by atoms with Crippen LogP contribution in [0, 0.1) is 0 Å². The molecule has 2 rings (SSSR count). The third kappa shape index (κ3) is 6.36. The highest BCUT2D eigenvalue weighted by Crippen LogP contribution is 2.17. The van der Waals surface area contributed by atoms with E-state index in [2.05, 4.69) is 4.74 Å². The van der Waals surface area contributed by atoms with E-state index in [1.54, 1.807) is 0 Å². The number of nitrogens with two attached hydrogens (primary N) is 1. The Bertz CT molecular complexity index is 706. The number of amides is 2. The average molecular weight is 382 g/mol. The fourth-order valence-electron chi connectivity index (χ4n) is 2.71. The number of primary amides is 1. The summed E-state index contributed by atoms with van der Waals surface area (Å²) in [6, 6.07) is 4.96. The van der Waals surface area contributed by atoms with E-state index in [-0.39, 0.29) is 5.75 Å². The molecule has 1 heterocycles. The number of benzene rings is 1. The normalized spacial score (nSPS) is 17.1. The molecule has 2 N–H and O–H groups in total. The number of ether oxygens (including phenoxy) is 2. The summed E-state index contributed by atoms with van der Waals surface area (Å²) in [6.07, 6.45) is 4.58. The van der Waals surface area contributed by atoms with Gasteiger partial charge in [-0.2, -0.15) is 8.78 Å². The van der Waals surface area contributed by atoms with Gasteiger partial charge in [0.1, 0.15) is 11.8 Å². The summed E-state index contributed by atoms with van der Waals surface area (Å²) in [5.74, 6) is -1.80. The van der Waals surface area contributed by atoms with Crippen LogP contribution in [0.2, 0.25) is 0 Å². The molecule has 1 aliphatic heterocycles. The number of esters is 1. The van der Waals surface area contributed by atoms with Gasteiger partial charge >= 0.3 is 12.6 Å². The highest BCUT2D eigenvalue weighted by atomic mass is 19.3. The van der Waals surface area contributed by atoms with Crippen molar-refractivity contribution in [3.63, 3.8) is 0 Å². The molecule has 2 amide bonds. The number of hydrogen-bond donors (Lipinski definition) is 1. The second-order valence-corrected chi connectivity index (χ2v) is 5.89. The van der Waals surface area contributed by atoms with Crippen LogP contribution in [0.15, 0.2) is 30.3 Å². The number of likely N-dealkylation sites (tertiary alicyclic amines) is 1. The molecule has 0 aliphatic carbocycles. The minimum atomic E-state index is -2.91. The SMILES string of the molecule is NC(=O)[C@H]1CCCCN1C(=O)COC(=O)/C=C/c1ccc(OC(F)F)cc1. The fourth-order valence-corrected chi connectivity index (χ4v) is 2.71. The lowest BCUT2D eigenvalue weighted by molar-refractivity contribution is -0.151. The summed E-state index contributed by atoms with van der Waals surface area (Å²) in [7, 11) is 0. The second-order valence-electron chi connectivity index (χ2n) is 5.89. The molecule has 0 spiro atoms. The van der Waals surface area contributed by atoms with Crippen LogP contribution in [0.25, 0.3) is 6.08 Å². The van der Waals surface area contributed by atoms with Crippen molar-refractivity contribution in [1.29, 1.82) is 0 Å². The molecular weight excluding hydrogens is 362 g/mol. The Labute approximate surface area is 154 Å². The Morgan fingerprint density at radius 3 is 2.56 bits per heavy atom. The number of rotatable bonds is 7. The van der Waals surface area contributed by atoms with Crippen molar-refractivity contribution >= 4 is 23.9 Å². The largest absolute Gasteiger partial charge is 0.452 e. The summed E-state index contributed by atoms with van der Waals surface area (Å²) in [6.45, 7) is -3.01. The predicted octanol–water partition coefficient (Wildman–Crippen LogP) is 1.71. The van der Waals surface area contributed by atoms with E-state index in [1.807, 2.05) is 0 Å². The van der Waals surface area contributed by atoms with E-state index in [4.69, 9.17) is 10.5 Å². The van der Waals surface area contributed by atoms with Crippen molar-refractivity contribution in [1.82, 2.24) is 4.90 Å². The zero-order chi connectivity index (χ0) is 19.8. The van der Waals surface area contributed by atoms with Crippen molar-refractivity contribution in [2.45, 2.75) is 31.9 Å². The van der Waals surface area contributed by atoms with Gasteiger partial charge in [-0.25, -0.2) is 4.79 Å². The van der Waals surface area contributed by atoms with Crippen LogP contribution in [0.1, 0.15) is 24.8 Å². The van der Waals surface area contributed by atoms with E-state index >= 15 is 0 Å². The Hall–Kier alpha value is -2.97. The molecule has 9 heteroatoms. The number of alkyl halides is 2. The van der Waals surface area contributed by atoms with Gasteiger partial charge in [0.2, 0.25) is 5.91 Å². The first kappa shape index (κ1) is 20.3. The monoisotopic (exact) mass is 382 g/mol. The van der Waals surface area contributed by atoms with E-state index in [9.17, 15) is 23.2 Å². The van der Waals surface area contributed by atoms with E-state index in [0.717, 1.165) is 18.9 Å². The average Bonchev–Trinajstić information content (AvgIpc) is 2.65. The Balaban J connectivity index is 1.83. The third-order valence-corrected chi connectivity index (χ3v) is 4.01. The van der Waals surface area contributed by atoms with Crippen LogP contribution < -0.4 is 10.5 Å². The van der Waals surface area contributed by atoms with Gasteiger partial charge < -0.3 is 20.1 Å². The molecular formula is C18H20F2N2O5. The molecule has 1 saturated heterocycles. The molecule has 27 heavy (non-hydrogen) atoms. The maximum Gasteiger partial charge on any atom is 0.387 e. The van der Waals surface area contributed by atoms with Crippen LogP contribution in [-0.4, -0.2) is 48.5 Å². The molecule has 1 fully saturated rings.